The molecule has 0 atom stereocenters. The number of carbonyl (C=O) groups is 1. The van der Waals surface area contributed by atoms with Crippen LogP contribution in [0.15, 0.2) is 71.6 Å². The van der Waals surface area contributed by atoms with E-state index in [1.807, 2.05) is 55.5 Å². The van der Waals surface area contributed by atoms with Crippen molar-refractivity contribution in [3.63, 3.8) is 0 Å². The van der Waals surface area contributed by atoms with Crippen molar-refractivity contribution in [1.82, 2.24) is 0 Å². The first kappa shape index (κ1) is 27.0. The van der Waals surface area contributed by atoms with Gasteiger partial charge >= 0.3 is 0 Å². The molecule has 1 aliphatic rings. The maximum Gasteiger partial charge on any atom is 0.270 e. The summed E-state index contributed by atoms with van der Waals surface area (Å²) >= 11 is 13.3. The van der Waals surface area contributed by atoms with Gasteiger partial charge in [0.05, 0.1) is 35.4 Å². The Hall–Kier alpha value is -3.00. The first-order valence-corrected chi connectivity index (χ1v) is 13.7. The van der Waals surface area contributed by atoms with Crippen molar-refractivity contribution < 1.29 is 19.0 Å². The summed E-state index contributed by atoms with van der Waals surface area (Å²) in [6.07, 6.45) is 3.46. The van der Waals surface area contributed by atoms with Crippen LogP contribution in [0.2, 0.25) is 5.02 Å². The van der Waals surface area contributed by atoms with Crippen molar-refractivity contribution in [2.24, 2.45) is 0 Å². The Morgan fingerprint density at radius 2 is 1.70 bits per heavy atom. The molecule has 0 N–H and O–H groups in total. The van der Waals surface area contributed by atoms with Crippen LogP contribution in [0.4, 0.5) is 5.69 Å². The Balaban J connectivity index is 1.41. The van der Waals surface area contributed by atoms with Gasteiger partial charge in [-0.1, -0.05) is 72.8 Å². The molecular weight excluding hydrogens is 526 g/mol. The van der Waals surface area contributed by atoms with E-state index in [4.69, 9.17) is 38.0 Å². The minimum absolute atomic E-state index is 0.167. The Morgan fingerprint density at radius 1 is 0.973 bits per heavy atom. The lowest BCUT2D eigenvalue weighted by molar-refractivity contribution is -0.113. The summed E-state index contributed by atoms with van der Waals surface area (Å²) in [4.78, 5) is 15.1. The topological polar surface area (TPSA) is 48.0 Å². The predicted molar refractivity (Wildman–Crippen MR) is 156 cm³/mol. The highest BCUT2D eigenvalue weighted by molar-refractivity contribution is 8.27. The number of hydrogen-bond donors (Lipinski definition) is 0. The monoisotopic (exact) mass is 553 g/mol. The van der Waals surface area contributed by atoms with E-state index in [0.717, 1.165) is 23.4 Å². The molecule has 3 aromatic carbocycles. The number of thioether (sulfide) groups is 1. The lowest BCUT2D eigenvalue weighted by Crippen LogP contribution is -2.27. The molecule has 0 saturated carbocycles. The van der Waals surface area contributed by atoms with Crippen LogP contribution in [-0.2, 0) is 11.2 Å². The Kier molecular flexibility index (Phi) is 9.50. The van der Waals surface area contributed by atoms with Crippen molar-refractivity contribution in [2.75, 3.05) is 24.7 Å². The maximum absolute atomic E-state index is 13.1. The molecule has 4 rings (SSSR count). The largest absolute Gasteiger partial charge is 0.493 e. The smallest absolute Gasteiger partial charge is 0.270 e. The van der Waals surface area contributed by atoms with Gasteiger partial charge in [-0.15, -0.1) is 0 Å². The van der Waals surface area contributed by atoms with Gasteiger partial charge in [-0.3, -0.25) is 9.69 Å². The van der Waals surface area contributed by atoms with E-state index >= 15 is 0 Å². The first-order chi connectivity index (χ1) is 18.0. The molecule has 1 saturated heterocycles. The number of rotatable bonds is 11. The average Bonchev–Trinajstić information content (AvgIpc) is 3.18. The molecule has 0 aromatic heterocycles. The number of ether oxygens (including phenoxy) is 3. The van der Waals surface area contributed by atoms with E-state index in [1.165, 1.54) is 22.2 Å². The van der Waals surface area contributed by atoms with Crippen LogP contribution in [0.3, 0.4) is 0 Å². The van der Waals surface area contributed by atoms with Crippen LogP contribution >= 0.6 is 35.6 Å². The molecule has 0 bridgehead atoms. The van der Waals surface area contributed by atoms with Gasteiger partial charge in [0.25, 0.3) is 5.91 Å². The summed E-state index contributed by atoms with van der Waals surface area (Å²) in [5.74, 6) is 1.67. The molecule has 3 aromatic rings. The average molecular weight is 554 g/mol. The lowest BCUT2D eigenvalue weighted by atomic mass is 10.1. The fraction of sp³-hybridized carbons (Fsp3) is 0.241. The number of hydrogen-bond acceptors (Lipinski definition) is 6. The normalized spacial score (nSPS) is 14.4. The zero-order valence-corrected chi connectivity index (χ0v) is 23.1. The van der Waals surface area contributed by atoms with Crippen LogP contribution < -0.4 is 19.1 Å². The van der Waals surface area contributed by atoms with Gasteiger partial charge in [0.1, 0.15) is 5.75 Å². The standard InChI is InChI=1S/C29H28ClNO4S2/c1-3-20-11-13-23(14-12-20)34-15-8-16-35-27-24(30)17-21(18-25(27)33-4-2)19-26-28(32)31(29(36)37-26)22-9-6-5-7-10-22/h5-7,9-14,17-19H,3-4,8,15-16H2,1-2H3/b26-19+. The lowest BCUT2D eigenvalue weighted by Gasteiger charge is -2.15. The van der Waals surface area contributed by atoms with Crippen molar-refractivity contribution in [3.8, 4) is 17.2 Å². The van der Waals surface area contributed by atoms with E-state index in [0.29, 0.717) is 52.0 Å². The van der Waals surface area contributed by atoms with Crippen molar-refractivity contribution in [3.05, 3.63) is 87.8 Å². The Bertz CT molecular complexity index is 1280. The summed E-state index contributed by atoms with van der Waals surface area (Å²) in [7, 11) is 0. The van der Waals surface area contributed by atoms with E-state index in [1.54, 1.807) is 12.1 Å². The zero-order chi connectivity index (χ0) is 26.2. The molecule has 1 amide bonds. The van der Waals surface area contributed by atoms with Gasteiger partial charge in [-0.25, -0.2) is 0 Å². The summed E-state index contributed by atoms with van der Waals surface area (Å²) in [6, 6.07) is 21.1. The molecular formula is C29H28ClNO4S2. The SMILES string of the molecule is CCOc1cc(/C=C2/SC(=S)N(c3ccccc3)C2=O)cc(Cl)c1OCCCOc1ccc(CC)cc1. The molecule has 0 spiro atoms. The number of carbonyl (C=O) groups excluding carboxylic acids is 1. The third kappa shape index (κ3) is 6.86. The molecule has 1 heterocycles. The highest BCUT2D eigenvalue weighted by Gasteiger charge is 2.33. The highest BCUT2D eigenvalue weighted by Crippen LogP contribution is 2.40. The van der Waals surface area contributed by atoms with Gasteiger partial charge in [0.15, 0.2) is 15.8 Å². The van der Waals surface area contributed by atoms with Crippen molar-refractivity contribution in [2.45, 2.75) is 26.7 Å². The molecule has 0 unspecified atom stereocenters. The highest BCUT2D eigenvalue weighted by atomic mass is 35.5. The fourth-order valence-corrected chi connectivity index (χ4v) is 5.31. The van der Waals surface area contributed by atoms with Crippen LogP contribution in [0.1, 0.15) is 31.4 Å². The Morgan fingerprint density at radius 3 is 2.41 bits per heavy atom. The van der Waals surface area contributed by atoms with E-state index in [9.17, 15) is 4.79 Å². The summed E-state index contributed by atoms with van der Waals surface area (Å²) < 4.78 is 18.1. The number of thiocarbonyl (C=S) groups is 1. The Labute approximate surface area is 232 Å². The number of aryl methyl sites for hydroxylation is 1. The predicted octanol–water partition coefficient (Wildman–Crippen LogP) is 7.55. The second kappa shape index (κ2) is 13.0. The van der Waals surface area contributed by atoms with E-state index < -0.39 is 0 Å². The second-order valence-electron chi connectivity index (χ2n) is 8.16. The number of amides is 1. The molecule has 1 fully saturated rings. The van der Waals surface area contributed by atoms with Crippen LogP contribution in [0.5, 0.6) is 17.2 Å². The van der Waals surface area contributed by atoms with Gasteiger partial charge in [0.2, 0.25) is 0 Å². The molecule has 37 heavy (non-hydrogen) atoms. The van der Waals surface area contributed by atoms with Crippen molar-refractivity contribution in [1.29, 1.82) is 0 Å². The first-order valence-electron chi connectivity index (χ1n) is 12.1. The number of anilines is 1. The summed E-state index contributed by atoms with van der Waals surface area (Å²) in [5, 5.41) is 0.409. The number of para-hydroxylation sites is 1. The number of nitrogens with zero attached hydrogens (tertiary/aromatic N) is 1. The van der Waals surface area contributed by atoms with E-state index in [2.05, 4.69) is 19.1 Å². The van der Waals surface area contributed by atoms with Crippen molar-refractivity contribution >= 4 is 57.6 Å². The van der Waals surface area contributed by atoms with Crippen LogP contribution in [0, 0.1) is 0 Å². The van der Waals surface area contributed by atoms with Crippen LogP contribution in [-0.4, -0.2) is 30.0 Å². The van der Waals surface area contributed by atoms with Gasteiger partial charge < -0.3 is 14.2 Å². The zero-order valence-electron chi connectivity index (χ0n) is 20.7. The fourth-order valence-electron chi connectivity index (χ4n) is 3.74. The third-order valence-electron chi connectivity index (χ3n) is 5.57. The van der Waals surface area contributed by atoms with Gasteiger partial charge in [-0.05, 0) is 66.9 Å². The molecule has 8 heteroatoms. The van der Waals surface area contributed by atoms with Gasteiger partial charge in [-0.2, -0.15) is 0 Å². The molecule has 1 aliphatic heterocycles. The third-order valence-corrected chi connectivity index (χ3v) is 7.16. The number of halogens is 1. The summed E-state index contributed by atoms with van der Waals surface area (Å²) in [6.45, 7) is 5.41. The molecule has 192 valence electrons. The maximum atomic E-state index is 13.1. The van der Waals surface area contributed by atoms with Crippen LogP contribution in [0.25, 0.3) is 6.08 Å². The molecule has 0 aliphatic carbocycles. The summed E-state index contributed by atoms with van der Waals surface area (Å²) in [5.41, 5.74) is 2.75. The minimum Gasteiger partial charge on any atom is -0.493 e. The second-order valence-corrected chi connectivity index (χ2v) is 10.2. The molecule has 5 nitrogen and oxygen atoms in total. The molecule has 0 radical (unpaired) electrons. The minimum atomic E-state index is -0.167. The van der Waals surface area contributed by atoms with E-state index in [-0.39, 0.29) is 5.91 Å². The van der Waals surface area contributed by atoms with Gasteiger partial charge in [0, 0.05) is 6.42 Å². The quantitative estimate of drug-likeness (QED) is 0.139. The number of benzene rings is 3.